The molecule has 5 heteroatoms. The summed E-state index contributed by atoms with van der Waals surface area (Å²) in [5.41, 5.74) is 6.48. The predicted octanol–water partition coefficient (Wildman–Crippen LogP) is 3.61. The van der Waals surface area contributed by atoms with Gasteiger partial charge in [0.25, 0.3) is 0 Å². The van der Waals surface area contributed by atoms with Crippen LogP contribution in [0.4, 0.5) is 5.95 Å². The van der Waals surface area contributed by atoms with E-state index < -0.39 is 0 Å². The van der Waals surface area contributed by atoms with E-state index in [4.69, 9.17) is 10.5 Å². The van der Waals surface area contributed by atoms with Gasteiger partial charge in [-0.25, -0.2) is 4.98 Å². The molecule has 94 valence electrons. The lowest BCUT2D eigenvalue weighted by Gasteiger charge is -2.08. The highest BCUT2D eigenvalue weighted by Crippen LogP contribution is 2.28. The fourth-order valence-corrected chi connectivity index (χ4v) is 2.30. The van der Waals surface area contributed by atoms with E-state index in [2.05, 4.69) is 32.6 Å². The molecule has 0 atom stereocenters. The van der Waals surface area contributed by atoms with Gasteiger partial charge in [0.15, 0.2) is 0 Å². The van der Waals surface area contributed by atoms with Crippen LogP contribution in [0.25, 0.3) is 10.9 Å². The third kappa shape index (κ3) is 2.60. The smallest absolute Gasteiger partial charge is 0.231 e. The Labute approximate surface area is 123 Å². The van der Waals surface area contributed by atoms with E-state index in [0.717, 1.165) is 20.2 Å². The van der Waals surface area contributed by atoms with Crippen molar-refractivity contribution in [1.29, 1.82) is 0 Å². The van der Waals surface area contributed by atoms with E-state index in [1.165, 1.54) is 0 Å². The number of benzene rings is 2. The summed E-state index contributed by atoms with van der Waals surface area (Å²) in [6.07, 6.45) is 0. The number of nitrogen functional groups attached to an aromatic ring is 1. The topological polar surface area (TPSA) is 61.0 Å². The number of rotatable bonds is 2. The summed E-state index contributed by atoms with van der Waals surface area (Å²) in [7, 11) is 0. The van der Waals surface area contributed by atoms with Crippen molar-refractivity contribution in [3.05, 3.63) is 52.1 Å². The number of ether oxygens (including phenoxy) is 1. The molecule has 0 aliphatic heterocycles. The van der Waals surface area contributed by atoms with Crippen LogP contribution in [0.3, 0.4) is 0 Å². The Morgan fingerprint density at radius 3 is 2.68 bits per heavy atom. The summed E-state index contributed by atoms with van der Waals surface area (Å²) in [4.78, 5) is 8.35. The number of anilines is 1. The Hall–Kier alpha value is -1.89. The molecule has 19 heavy (non-hydrogen) atoms. The quantitative estimate of drug-likeness (QED) is 0.707. The van der Waals surface area contributed by atoms with E-state index in [0.29, 0.717) is 5.88 Å². The maximum Gasteiger partial charge on any atom is 0.231 e. The zero-order chi connectivity index (χ0) is 13.2. The zero-order valence-electron chi connectivity index (χ0n) is 9.88. The molecule has 2 aromatic carbocycles. The van der Waals surface area contributed by atoms with Gasteiger partial charge in [0.05, 0.1) is 10.9 Å². The van der Waals surface area contributed by atoms with Crippen LogP contribution in [0, 0.1) is 3.57 Å². The second-order valence-corrected chi connectivity index (χ2v) is 5.21. The maximum absolute atomic E-state index is 5.82. The van der Waals surface area contributed by atoms with Crippen LogP contribution in [-0.4, -0.2) is 9.97 Å². The lowest BCUT2D eigenvalue weighted by atomic mass is 10.2. The fourth-order valence-electron chi connectivity index (χ4n) is 1.78. The molecule has 0 radical (unpaired) electrons. The molecule has 1 heterocycles. The van der Waals surface area contributed by atoms with E-state index in [1.54, 1.807) is 0 Å². The highest BCUT2D eigenvalue weighted by atomic mass is 127. The van der Waals surface area contributed by atoms with Crippen molar-refractivity contribution in [2.75, 3.05) is 5.73 Å². The fraction of sp³-hybridized carbons (Fsp3) is 0. The van der Waals surface area contributed by atoms with Crippen molar-refractivity contribution >= 4 is 39.4 Å². The molecule has 0 spiro atoms. The molecular weight excluding hydrogens is 353 g/mol. The zero-order valence-corrected chi connectivity index (χ0v) is 12.0. The van der Waals surface area contributed by atoms with E-state index in [-0.39, 0.29) is 5.95 Å². The van der Waals surface area contributed by atoms with Gasteiger partial charge in [0.2, 0.25) is 11.8 Å². The second kappa shape index (κ2) is 5.00. The molecular formula is C14H10IN3O. The first-order chi connectivity index (χ1) is 9.22. The maximum atomic E-state index is 5.82. The molecule has 0 amide bonds. The Morgan fingerprint density at radius 1 is 1.00 bits per heavy atom. The van der Waals surface area contributed by atoms with Crippen molar-refractivity contribution < 1.29 is 4.74 Å². The van der Waals surface area contributed by atoms with Crippen LogP contribution in [0.2, 0.25) is 0 Å². The Balaban J connectivity index is 2.09. The lowest BCUT2D eigenvalue weighted by molar-refractivity contribution is 0.469. The third-order valence-electron chi connectivity index (χ3n) is 2.60. The molecule has 3 aromatic rings. The van der Waals surface area contributed by atoms with Crippen LogP contribution >= 0.6 is 22.6 Å². The van der Waals surface area contributed by atoms with Gasteiger partial charge in [0, 0.05) is 3.57 Å². The number of para-hydroxylation sites is 1. The molecule has 3 rings (SSSR count). The van der Waals surface area contributed by atoms with Crippen LogP contribution in [-0.2, 0) is 0 Å². The minimum absolute atomic E-state index is 0.208. The third-order valence-corrected chi connectivity index (χ3v) is 3.27. The minimum atomic E-state index is 0.208. The number of nitrogens with zero attached hydrogens (tertiary/aromatic N) is 2. The monoisotopic (exact) mass is 363 g/mol. The standard InChI is InChI=1S/C14H10IN3O/c15-9-4-3-5-10(8-9)19-13-11-6-1-2-7-12(11)17-14(16)18-13/h1-8H,(H2,16,17,18). The summed E-state index contributed by atoms with van der Waals surface area (Å²) in [5.74, 6) is 1.42. The summed E-state index contributed by atoms with van der Waals surface area (Å²) in [5, 5.41) is 0.843. The van der Waals surface area contributed by atoms with Crippen LogP contribution in [0.5, 0.6) is 11.6 Å². The van der Waals surface area contributed by atoms with Gasteiger partial charge in [-0.05, 0) is 52.9 Å². The van der Waals surface area contributed by atoms with Crippen molar-refractivity contribution in [3.8, 4) is 11.6 Å². The first-order valence-corrected chi connectivity index (χ1v) is 6.76. The molecule has 2 N–H and O–H groups in total. The molecule has 0 aliphatic rings. The summed E-state index contributed by atoms with van der Waals surface area (Å²) in [6.45, 7) is 0. The Morgan fingerprint density at radius 2 is 1.84 bits per heavy atom. The summed E-state index contributed by atoms with van der Waals surface area (Å²) in [6, 6.07) is 15.4. The number of halogens is 1. The summed E-state index contributed by atoms with van der Waals surface area (Å²) >= 11 is 2.24. The largest absolute Gasteiger partial charge is 0.438 e. The van der Waals surface area contributed by atoms with Gasteiger partial charge in [0.1, 0.15) is 5.75 Å². The van der Waals surface area contributed by atoms with E-state index in [9.17, 15) is 0 Å². The van der Waals surface area contributed by atoms with Crippen molar-refractivity contribution in [2.24, 2.45) is 0 Å². The van der Waals surface area contributed by atoms with Crippen molar-refractivity contribution in [2.45, 2.75) is 0 Å². The molecule has 4 nitrogen and oxygen atoms in total. The Bertz CT molecular complexity index is 746. The van der Waals surface area contributed by atoms with Crippen molar-refractivity contribution in [3.63, 3.8) is 0 Å². The normalized spacial score (nSPS) is 10.6. The highest BCUT2D eigenvalue weighted by molar-refractivity contribution is 14.1. The van der Waals surface area contributed by atoms with E-state index >= 15 is 0 Å². The van der Waals surface area contributed by atoms with Crippen LogP contribution < -0.4 is 10.5 Å². The molecule has 0 saturated carbocycles. The number of hydrogen-bond acceptors (Lipinski definition) is 4. The number of nitrogens with two attached hydrogens (primary N) is 1. The molecule has 0 bridgehead atoms. The van der Waals surface area contributed by atoms with Gasteiger partial charge < -0.3 is 10.5 Å². The van der Waals surface area contributed by atoms with Crippen molar-refractivity contribution in [1.82, 2.24) is 9.97 Å². The van der Waals surface area contributed by atoms with E-state index in [1.807, 2.05) is 48.5 Å². The predicted molar refractivity (Wildman–Crippen MR) is 83.2 cm³/mol. The highest BCUT2D eigenvalue weighted by Gasteiger charge is 2.08. The first-order valence-electron chi connectivity index (χ1n) is 5.68. The molecule has 0 unspecified atom stereocenters. The van der Waals surface area contributed by atoms with Crippen LogP contribution in [0.15, 0.2) is 48.5 Å². The van der Waals surface area contributed by atoms with Gasteiger partial charge in [-0.1, -0.05) is 18.2 Å². The molecule has 0 saturated heterocycles. The minimum Gasteiger partial charge on any atom is -0.438 e. The molecule has 1 aromatic heterocycles. The van der Waals surface area contributed by atoms with Gasteiger partial charge in [-0.3, -0.25) is 0 Å². The number of aromatic nitrogens is 2. The lowest BCUT2D eigenvalue weighted by Crippen LogP contribution is -1.98. The van der Waals surface area contributed by atoms with Gasteiger partial charge in [-0.15, -0.1) is 0 Å². The SMILES string of the molecule is Nc1nc(Oc2cccc(I)c2)c2ccccc2n1. The summed E-state index contributed by atoms with van der Waals surface area (Å²) < 4.78 is 6.92. The number of fused-ring (bicyclic) bond motifs is 1. The second-order valence-electron chi connectivity index (χ2n) is 3.96. The number of hydrogen-bond donors (Lipinski definition) is 1. The molecule has 0 fully saturated rings. The van der Waals surface area contributed by atoms with Gasteiger partial charge >= 0.3 is 0 Å². The average molecular weight is 363 g/mol. The van der Waals surface area contributed by atoms with Crippen LogP contribution in [0.1, 0.15) is 0 Å². The first kappa shape index (κ1) is 12.2. The Kier molecular flexibility index (Phi) is 3.20. The van der Waals surface area contributed by atoms with Gasteiger partial charge in [-0.2, -0.15) is 4.98 Å². The molecule has 0 aliphatic carbocycles. The average Bonchev–Trinajstić information content (AvgIpc) is 2.38.